The van der Waals surface area contributed by atoms with E-state index in [1.807, 2.05) is 21.1 Å². The van der Waals surface area contributed by atoms with Crippen molar-refractivity contribution in [3.63, 3.8) is 0 Å². The van der Waals surface area contributed by atoms with Gasteiger partial charge in [0.25, 0.3) is 7.82 Å². The molecule has 0 N–H and O–H groups in total. The number of quaternary nitrogens is 1. The molecule has 0 radical (unpaired) electrons. The Bertz CT molecular complexity index is 1770. The van der Waals surface area contributed by atoms with Gasteiger partial charge < -0.3 is 27.9 Å². The third kappa shape index (κ3) is 78.7. The number of unbranched alkanes of at least 4 members (excludes halogenated alkanes) is 53. The van der Waals surface area contributed by atoms with Crippen LogP contribution in [0.1, 0.15) is 412 Å². The molecule has 0 aromatic rings. The van der Waals surface area contributed by atoms with Crippen LogP contribution in [0.3, 0.4) is 0 Å². The third-order valence-electron chi connectivity index (χ3n) is 18.5. The number of likely N-dealkylation sites (N-methyl/N-ethyl adjacent to an activating group) is 1. The van der Waals surface area contributed by atoms with Gasteiger partial charge in [-0.15, -0.1) is 0 Å². The van der Waals surface area contributed by atoms with Gasteiger partial charge >= 0.3 is 11.9 Å². The van der Waals surface area contributed by atoms with E-state index in [0.29, 0.717) is 17.4 Å². The van der Waals surface area contributed by atoms with Crippen LogP contribution in [0.4, 0.5) is 0 Å². The van der Waals surface area contributed by atoms with Crippen LogP contribution in [0.15, 0.2) is 60.8 Å². The Labute approximate surface area is 585 Å². The molecule has 0 rings (SSSR count). The molecule has 0 fully saturated rings. The molecule has 2 unspecified atom stereocenters. The first-order valence-electron chi connectivity index (χ1n) is 41.0. The van der Waals surface area contributed by atoms with Gasteiger partial charge in [-0.05, 0) is 83.5 Å². The van der Waals surface area contributed by atoms with Gasteiger partial charge in [0.15, 0.2) is 6.10 Å². The first kappa shape index (κ1) is 91.7. The number of hydrogen-bond donors (Lipinski definition) is 0. The summed E-state index contributed by atoms with van der Waals surface area (Å²) in [5, 5.41) is 0. The Kier molecular flexibility index (Phi) is 73.1. The molecule has 0 aliphatic rings. The highest BCUT2D eigenvalue weighted by atomic mass is 31.2. The molecule has 2 atom stereocenters. The van der Waals surface area contributed by atoms with Crippen molar-refractivity contribution in [2.45, 2.75) is 418 Å². The summed E-state index contributed by atoms with van der Waals surface area (Å²) in [5.41, 5.74) is 0. The smallest absolute Gasteiger partial charge is 0.306 e. The standard InChI is InChI=1S/C84H158NO8P/c1-6-8-10-12-14-16-18-20-22-24-26-28-30-32-34-36-37-38-39-40-41-42-43-44-45-46-47-49-50-52-54-56-58-60-62-64-66-68-70-72-74-76-83(86)90-80-82(81-92-94(88,89)91-79-78-85(3,4)5)93-84(87)77-75-73-71-69-67-65-63-61-59-57-55-53-51-48-35-33-31-29-27-25-23-21-19-17-15-13-11-9-7-2/h18-21,24-27,31,33,82H,6-17,22-23,28-30,32,34-81H2,1-5H3/b20-18-,21-19-,26-24-,27-25-,33-31-. The first-order valence-corrected chi connectivity index (χ1v) is 42.5. The van der Waals surface area contributed by atoms with Gasteiger partial charge in [0.05, 0.1) is 27.7 Å². The second-order valence-electron chi connectivity index (χ2n) is 29.1. The Morgan fingerprint density at radius 1 is 0.330 bits per heavy atom. The molecule has 0 amide bonds. The van der Waals surface area contributed by atoms with Gasteiger partial charge in [-0.2, -0.15) is 0 Å². The first-order chi connectivity index (χ1) is 46.0. The van der Waals surface area contributed by atoms with E-state index in [4.69, 9.17) is 18.5 Å². The van der Waals surface area contributed by atoms with E-state index < -0.39 is 26.5 Å². The van der Waals surface area contributed by atoms with Crippen molar-refractivity contribution < 1.29 is 42.1 Å². The average molecular weight is 1340 g/mol. The van der Waals surface area contributed by atoms with Crippen LogP contribution in [0.2, 0.25) is 0 Å². The molecule has 552 valence electrons. The highest BCUT2D eigenvalue weighted by Crippen LogP contribution is 2.38. The molecule has 0 aromatic heterocycles. The number of rotatable bonds is 77. The summed E-state index contributed by atoms with van der Waals surface area (Å²) in [4.78, 5) is 38.2. The number of ether oxygens (including phenoxy) is 2. The summed E-state index contributed by atoms with van der Waals surface area (Å²) >= 11 is 0. The van der Waals surface area contributed by atoms with E-state index in [2.05, 4.69) is 74.6 Å². The maximum absolute atomic E-state index is 12.9. The molecular formula is C84H158NO8P. The van der Waals surface area contributed by atoms with Crippen LogP contribution in [0.5, 0.6) is 0 Å². The van der Waals surface area contributed by atoms with Gasteiger partial charge in [0.1, 0.15) is 19.8 Å². The Morgan fingerprint density at radius 2 is 0.574 bits per heavy atom. The predicted octanol–water partition coefficient (Wildman–Crippen LogP) is 26.7. The summed E-state index contributed by atoms with van der Waals surface area (Å²) in [7, 11) is 1.18. The number of esters is 2. The maximum atomic E-state index is 12.9. The minimum Gasteiger partial charge on any atom is -0.756 e. The lowest BCUT2D eigenvalue weighted by Gasteiger charge is -2.28. The number of phosphoric ester groups is 1. The van der Waals surface area contributed by atoms with Crippen LogP contribution >= 0.6 is 7.82 Å². The highest BCUT2D eigenvalue weighted by Gasteiger charge is 2.22. The van der Waals surface area contributed by atoms with E-state index in [9.17, 15) is 19.0 Å². The fourth-order valence-corrected chi connectivity index (χ4v) is 13.0. The summed E-state index contributed by atoms with van der Waals surface area (Å²) in [5.74, 6) is -0.813. The molecular weight excluding hydrogens is 1180 g/mol. The normalized spacial score (nSPS) is 13.3. The van der Waals surface area contributed by atoms with Crippen molar-refractivity contribution in [3.05, 3.63) is 60.8 Å². The average Bonchev–Trinajstić information content (AvgIpc) is 1.65. The summed E-state index contributed by atoms with van der Waals surface area (Å²) < 4.78 is 34.4. The SMILES string of the molecule is CCCCCCC/C=C\C/C=C\C/C=C\CCCCCCCCCCCCCCCCC(=O)OC(COC(=O)CCCCCCCCCCCCCCCCCCCCCCCCCCCCCCC/C=C\C/C=C\CCCCCCC)COP(=O)([O-])OCC[N+](C)(C)C. The van der Waals surface area contributed by atoms with Crippen LogP contribution in [0.25, 0.3) is 0 Å². The molecule has 0 saturated carbocycles. The van der Waals surface area contributed by atoms with Crippen LogP contribution in [-0.2, 0) is 32.7 Å². The third-order valence-corrected chi connectivity index (χ3v) is 19.5. The zero-order valence-corrected chi connectivity index (χ0v) is 64.1. The van der Waals surface area contributed by atoms with Crippen molar-refractivity contribution in [2.75, 3.05) is 47.5 Å². The molecule has 9 nitrogen and oxygen atoms in total. The minimum atomic E-state index is -4.64. The topological polar surface area (TPSA) is 111 Å². The second kappa shape index (κ2) is 74.9. The summed E-state index contributed by atoms with van der Waals surface area (Å²) in [6.45, 7) is 4.28. The number of hydrogen-bond acceptors (Lipinski definition) is 8. The molecule has 10 heteroatoms. The lowest BCUT2D eigenvalue weighted by atomic mass is 10.0. The second-order valence-corrected chi connectivity index (χ2v) is 30.5. The zero-order chi connectivity index (χ0) is 68.3. The van der Waals surface area contributed by atoms with E-state index >= 15 is 0 Å². The Balaban J connectivity index is 3.88. The quantitative estimate of drug-likeness (QED) is 0.0195. The Morgan fingerprint density at radius 3 is 0.851 bits per heavy atom. The fourth-order valence-electron chi connectivity index (χ4n) is 12.2. The van der Waals surface area contributed by atoms with Gasteiger partial charge in [0, 0.05) is 12.8 Å². The van der Waals surface area contributed by atoms with Crippen molar-refractivity contribution in [1.82, 2.24) is 0 Å². The highest BCUT2D eigenvalue weighted by molar-refractivity contribution is 7.45. The molecule has 94 heavy (non-hydrogen) atoms. The maximum Gasteiger partial charge on any atom is 0.306 e. The van der Waals surface area contributed by atoms with Crippen LogP contribution in [-0.4, -0.2) is 70.0 Å². The lowest BCUT2D eigenvalue weighted by Crippen LogP contribution is -2.37. The molecule has 0 aliphatic carbocycles. The molecule has 0 spiro atoms. The van der Waals surface area contributed by atoms with E-state index in [1.165, 1.54) is 321 Å². The van der Waals surface area contributed by atoms with Crippen molar-refractivity contribution in [2.24, 2.45) is 0 Å². The number of carbonyl (C=O) groups is 2. The van der Waals surface area contributed by atoms with Crippen LogP contribution in [0, 0.1) is 0 Å². The van der Waals surface area contributed by atoms with Crippen molar-refractivity contribution in [1.29, 1.82) is 0 Å². The fraction of sp³-hybridized carbons (Fsp3) is 0.857. The molecule has 0 aromatic carbocycles. The van der Waals surface area contributed by atoms with E-state index in [-0.39, 0.29) is 32.0 Å². The summed E-state index contributed by atoms with van der Waals surface area (Å²) in [6.07, 6.45) is 101. The largest absolute Gasteiger partial charge is 0.756 e. The Hall–Kier alpha value is -2.29. The van der Waals surface area contributed by atoms with E-state index in [0.717, 1.165) is 57.8 Å². The van der Waals surface area contributed by atoms with Crippen LogP contribution < -0.4 is 4.89 Å². The number of carbonyl (C=O) groups excluding carboxylic acids is 2. The number of phosphoric acid groups is 1. The lowest BCUT2D eigenvalue weighted by molar-refractivity contribution is -0.870. The van der Waals surface area contributed by atoms with Gasteiger partial charge in [-0.3, -0.25) is 14.2 Å². The number of allylic oxidation sites excluding steroid dienone is 10. The van der Waals surface area contributed by atoms with Crippen molar-refractivity contribution in [3.8, 4) is 0 Å². The van der Waals surface area contributed by atoms with Crippen molar-refractivity contribution >= 4 is 19.8 Å². The van der Waals surface area contributed by atoms with Gasteiger partial charge in [-0.1, -0.05) is 376 Å². The number of nitrogens with zero attached hydrogens (tertiary/aromatic N) is 1. The zero-order valence-electron chi connectivity index (χ0n) is 63.2. The molecule has 0 saturated heterocycles. The predicted molar refractivity (Wildman–Crippen MR) is 407 cm³/mol. The van der Waals surface area contributed by atoms with E-state index in [1.54, 1.807) is 0 Å². The molecule has 0 bridgehead atoms. The van der Waals surface area contributed by atoms with Gasteiger partial charge in [0.2, 0.25) is 0 Å². The molecule has 0 heterocycles. The van der Waals surface area contributed by atoms with Gasteiger partial charge in [-0.25, -0.2) is 0 Å². The summed E-state index contributed by atoms with van der Waals surface area (Å²) in [6, 6.07) is 0. The minimum absolute atomic E-state index is 0.0295. The molecule has 0 aliphatic heterocycles. The monoisotopic (exact) mass is 1340 g/mol.